The first-order valence-electron chi connectivity index (χ1n) is 38.1. The van der Waals surface area contributed by atoms with Crippen LogP contribution in [-0.4, -0.2) is 36.4 Å². The number of carbonyl (C=O) groups is 2. The van der Waals surface area contributed by atoms with E-state index >= 15 is 0 Å². The molecule has 0 aliphatic rings. The summed E-state index contributed by atoms with van der Waals surface area (Å²) in [5, 5.41) is 9.72. The number of unbranched alkanes of at least 4 members (excludes halogenated alkanes) is 49. The molecule has 500 valence electrons. The monoisotopic (exact) mass is 1200 g/mol. The van der Waals surface area contributed by atoms with Crippen LogP contribution in [0.25, 0.3) is 0 Å². The van der Waals surface area contributed by atoms with E-state index in [1.165, 1.54) is 295 Å². The van der Waals surface area contributed by atoms with Crippen molar-refractivity contribution < 1.29 is 24.2 Å². The molecule has 1 unspecified atom stereocenters. The van der Waals surface area contributed by atoms with E-state index in [1.807, 2.05) is 0 Å². The van der Waals surface area contributed by atoms with Crippen LogP contribution in [0.15, 0.2) is 85.1 Å². The van der Waals surface area contributed by atoms with Crippen molar-refractivity contribution in [2.24, 2.45) is 0 Å². The zero-order valence-electron chi connectivity index (χ0n) is 57.6. The van der Waals surface area contributed by atoms with Crippen LogP contribution in [0.1, 0.15) is 399 Å². The molecule has 0 rings (SSSR count). The van der Waals surface area contributed by atoms with E-state index in [9.17, 15) is 14.7 Å². The van der Waals surface area contributed by atoms with Crippen molar-refractivity contribution in [1.82, 2.24) is 0 Å². The summed E-state index contributed by atoms with van der Waals surface area (Å²) in [5.41, 5.74) is 0. The van der Waals surface area contributed by atoms with Gasteiger partial charge in [-0.3, -0.25) is 9.59 Å². The Labute approximate surface area is 536 Å². The SMILES string of the molecule is CC/C=C\C/C=C\C/C=C\C/C=C\C/C=C\C/C=C\CCCCCCCCCCCCCCCCCCCCCCC(=O)OC(CO)COC(=O)CCCCCCCCCCCCCCCCCCCCCCC/C=C\CCCCCCCCCC. The van der Waals surface area contributed by atoms with Gasteiger partial charge in [-0.1, -0.05) is 381 Å². The fraction of sp³-hybridized carbons (Fsp3) is 0.802. The van der Waals surface area contributed by atoms with Crippen molar-refractivity contribution in [2.45, 2.75) is 405 Å². The van der Waals surface area contributed by atoms with E-state index in [0.717, 1.165) is 77.0 Å². The summed E-state index contributed by atoms with van der Waals surface area (Å²) in [6.45, 7) is 4.08. The average molecular weight is 1200 g/mol. The molecule has 0 aromatic carbocycles. The molecule has 0 aromatic heterocycles. The minimum atomic E-state index is -0.773. The maximum absolute atomic E-state index is 12.4. The Morgan fingerprint density at radius 2 is 0.500 bits per heavy atom. The third kappa shape index (κ3) is 73.5. The van der Waals surface area contributed by atoms with Crippen LogP contribution in [0.2, 0.25) is 0 Å². The second-order valence-electron chi connectivity index (χ2n) is 25.7. The van der Waals surface area contributed by atoms with Gasteiger partial charge >= 0.3 is 11.9 Å². The molecule has 0 saturated carbocycles. The summed E-state index contributed by atoms with van der Waals surface area (Å²) in [5.74, 6) is -0.569. The van der Waals surface area contributed by atoms with E-state index in [2.05, 4.69) is 98.9 Å². The molecule has 0 spiro atoms. The van der Waals surface area contributed by atoms with Gasteiger partial charge in [0.2, 0.25) is 0 Å². The van der Waals surface area contributed by atoms with Gasteiger partial charge in [-0.15, -0.1) is 0 Å². The molecule has 0 saturated heterocycles. The minimum Gasteiger partial charge on any atom is -0.462 e. The molecule has 0 fully saturated rings. The molecule has 86 heavy (non-hydrogen) atoms. The highest BCUT2D eigenvalue weighted by atomic mass is 16.6. The Balaban J connectivity index is 3.40. The van der Waals surface area contributed by atoms with Crippen LogP contribution in [0.4, 0.5) is 0 Å². The molecular weight excluding hydrogens is 1050 g/mol. The normalized spacial score (nSPS) is 12.6. The Morgan fingerprint density at radius 1 is 0.279 bits per heavy atom. The lowest BCUT2D eigenvalue weighted by molar-refractivity contribution is -0.161. The quantitative estimate of drug-likeness (QED) is 0.0373. The van der Waals surface area contributed by atoms with E-state index in [-0.39, 0.29) is 25.2 Å². The minimum absolute atomic E-state index is 0.0616. The van der Waals surface area contributed by atoms with Crippen molar-refractivity contribution in [3.63, 3.8) is 0 Å². The second kappa shape index (κ2) is 76.3. The van der Waals surface area contributed by atoms with Crippen LogP contribution in [0.5, 0.6) is 0 Å². The third-order valence-electron chi connectivity index (χ3n) is 17.2. The second-order valence-corrected chi connectivity index (χ2v) is 25.7. The Morgan fingerprint density at radius 3 is 0.767 bits per heavy atom. The fourth-order valence-corrected chi connectivity index (χ4v) is 11.5. The van der Waals surface area contributed by atoms with Crippen LogP contribution < -0.4 is 0 Å². The zero-order valence-corrected chi connectivity index (χ0v) is 57.6. The number of esters is 2. The van der Waals surface area contributed by atoms with Crippen molar-refractivity contribution >= 4 is 11.9 Å². The fourth-order valence-electron chi connectivity index (χ4n) is 11.5. The summed E-state index contributed by atoms with van der Waals surface area (Å²) >= 11 is 0. The largest absolute Gasteiger partial charge is 0.462 e. The lowest BCUT2D eigenvalue weighted by atomic mass is 10.0. The molecule has 5 heteroatoms. The van der Waals surface area contributed by atoms with Gasteiger partial charge in [0.15, 0.2) is 6.10 Å². The van der Waals surface area contributed by atoms with Crippen LogP contribution in [0, 0.1) is 0 Å². The first kappa shape index (κ1) is 83.1. The first-order chi connectivity index (χ1) is 42.6. The summed E-state index contributed by atoms with van der Waals surface area (Å²) in [6, 6.07) is 0. The van der Waals surface area contributed by atoms with Gasteiger partial charge in [0.1, 0.15) is 6.61 Å². The number of hydrogen-bond donors (Lipinski definition) is 1. The molecule has 0 aliphatic carbocycles. The first-order valence-corrected chi connectivity index (χ1v) is 38.1. The highest BCUT2D eigenvalue weighted by Crippen LogP contribution is 2.19. The van der Waals surface area contributed by atoms with Gasteiger partial charge in [0, 0.05) is 12.8 Å². The van der Waals surface area contributed by atoms with Gasteiger partial charge in [0.05, 0.1) is 6.61 Å². The Kier molecular flexibility index (Phi) is 73.7. The number of allylic oxidation sites excluding steroid dienone is 14. The van der Waals surface area contributed by atoms with Crippen molar-refractivity contribution in [3.05, 3.63) is 85.1 Å². The number of hydrogen-bond acceptors (Lipinski definition) is 5. The standard InChI is InChI=1S/C81H146O5/c1-3-5-7-9-11-13-15-17-19-21-23-25-27-29-31-33-35-37-38-39-40-41-42-44-46-48-50-52-54-56-58-60-62-64-66-68-70-72-74-76-81(84)86-79(77-82)78-85-80(83)75-73-71-69-67-65-63-61-59-57-55-53-51-49-47-45-43-36-34-32-30-28-26-24-22-20-18-16-14-12-10-8-6-4-2/h5,7,11,13,17,19,22-25,29,31,35,37,79,82H,3-4,6,8-10,12,14-16,18,20-21,26-28,30,32-34,36,38-78H2,1-2H3/b7-5-,13-11-,19-17-,24-22-,25-23-,31-29-,37-35-. The predicted molar refractivity (Wildman–Crippen MR) is 380 cm³/mol. The molecule has 0 amide bonds. The Hall–Kier alpha value is -2.92. The maximum Gasteiger partial charge on any atom is 0.306 e. The summed E-state index contributed by atoms with van der Waals surface area (Å²) in [6.07, 6.45) is 108. The number of aliphatic hydroxyl groups is 1. The van der Waals surface area contributed by atoms with Crippen molar-refractivity contribution in [1.29, 1.82) is 0 Å². The molecule has 0 bridgehead atoms. The highest BCUT2D eigenvalue weighted by molar-refractivity contribution is 5.70. The molecule has 0 radical (unpaired) electrons. The molecule has 0 aromatic rings. The van der Waals surface area contributed by atoms with Gasteiger partial charge in [-0.25, -0.2) is 0 Å². The lowest BCUT2D eigenvalue weighted by Crippen LogP contribution is -2.28. The predicted octanol–water partition coefficient (Wildman–Crippen LogP) is 26.8. The summed E-state index contributed by atoms with van der Waals surface area (Å²) in [4.78, 5) is 24.7. The topological polar surface area (TPSA) is 72.8 Å². The number of rotatable bonds is 71. The lowest BCUT2D eigenvalue weighted by Gasteiger charge is -2.15. The van der Waals surface area contributed by atoms with E-state index in [1.54, 1.807) is 0 Å². The average Bonchev–Trinajstić information content (AvgIpc) is 3.55. The van der Waals surface area contributed by atoms with Crippen LogP contribution in [0.3, 0.4) is 0 Å². The molecule has 1 atom stereocenters. The summed E-state index contributed by atoms with van der Waals surface area (Å²) < 4.78 is 10.8. The smallest absolute Gasteiger partial charge is 0.306 e. The summed E-state index contributed by atoms with van der Waals surface area (Å²) in [7, 11) is 0. The number of ether oxygens (including phenoxy) is 2. The molecule has 5 nitrogen and oxygen atoms in total. The third-order valence-corrected chi connectivity index (χ3v) is 17.2. The van der Waals surface area contributed by atoms with Crippen LogP contribution >= 0.6 is 0 Å². The maximum atomic E-state index is 12.4. The molecule has 0 aliphatic heterocycles. The van der Waals surface area contributed by atoms with Crippen LogP contribution in [-0.2, 0) is 19.1 Å². The zero-order chi connectivity index (χ0) is 61.9. The molecule has 1 N–H and O–H groups in total. The number of aliphatic hydroxyl groups excluding tert-OH is 1. The number of carbonyl (C=O) groups excluding carboxylic acids is 2. The molecular formula is C81H146O5. The highest BCUT2D eigenvalue weighted by Gasteiger charge is 2.16. The van der Waals surface area contributed by atoms with Gasteiger partial charge in [-0.2, -0.15) is 0 Å². The van der Waals surface area contributed by atoms with Crippen molar-refractivity contribution in [2.75, 3.05) is 13.2 Å². The van der Waals surface area contributed by atoms with Gasteiger partial charge in [-0.05, 0) is 89.9 Å². The van der Waals surface area contributed by atoms with E-state index in [0.29, 0.717) is 12.8 Å². The van der Waals surface area contributed by atoms with E-state index in [4.69, 9.17) is 9.47 Å². The van der Waals surface area contributed by atoms with Gasteiger partial charge < -0.3 is 14.6 Å². The van der Waals surface area contributed by atoms with Gasteiger partial charge in [0.25, 0.3) is 0 Å². The van der Waals surface area contributed by atoms with Crippen molar-refractivity contribution in [3.8, 4) is 0 Å². The van der Waals surface area contributed by atoms with E-state index < -0.39 is 6.10 Å². The molecule has 0 heterocycles. The Bertz CT molecular complexity index is 1550.